The van der Waals surface area contributed by atoms with Crippen LogP contribution >= 0.6 is 0 Å². The monoisotopic (exact) mass is 289 g/mol. The van der Waals surface area contributed by atoms with E-state index in [-0.39, 0.29) is 11.6 Å². The van der Waals surface area contributed by atoms with E-state index < -0.39 is 0 Å². The van der Waals surface area contributed by atoms with Crippen molar-refractivity contribution in [1.82, 2.24) is 15.1 Å². The number of halogens is 1. The molecule has 1 N–H and O–H groups in total. The minimum absolute atomic E-state index is 0.237. The number of rotatable bonds is 7. The molecule has 0 bridgehead atoms. The van der Waals surface area contributed by atoms with Crippen molar-refractivity contribution >= 4 is 0 Å². The average Bonchev–Trinajstić information content (AvgIpc) is 3.20. The molecule has 21 heavy (non-hydrogen) atoms. The van der Waals surface area contributed by atoms with Crippen LogP contribution in [0.3, 0.4) is 0 Å². The minimum atomic E-state index is -0.340. The van der Waals surface area contributed by atoms with Gasteiger partial charge in [-0.3, -0.25) is 4.68 Å². The first-order valence-electron chi connectivity index (χ1n) is 7.46. The Morgan fingerprint density at radius 1 is 1.43 bits per heavy atom. The first-order valence-corrected chi connectivity index (χ1v) is 7.46. The highest BCUT2D eigenvalue weighted by Crippen LogP contribution is 2.25. The van der Waals surface area contributed by atoms with Gasteiger partial charge in [0.1, 0.15) is 0 Å². The standard InChI is InChI=1S/C16H20FN3O/c1-2-7-20-11-14(10-19-20)21-16-6-3-12(8-15(16)17)9-18-13-4-5-13/h3,6,8,10-11,13,18H,2,4-5,7,9H2,1H3. The van der Waals surface area contributed by atoms with Crippen LogP contribution in [-0.4, -0.2) is 15.8 Å². The van der Waals surface area contributed by atoms with E-state index >= 15 is 0 Å². The molecule has 1 aromatic heterocycles. The molecule has 0 amide bonds. The van der Waals surface area contributed by atoms with Gasteiger partial charge in [-0.05, 0) is 37.0 Å². The third-order valence-electron chi connectivity index (χ3n) is 3.46. The Morgan fingerprint density at radius 2 is 2.29 bits per heavy atom. The van der Waals surface area contributed by atoms with Gasteiger partial charge >= 0.3 is 0 Å². The lowest BCUT2D eigenvalue weighted by Gasteiger charge is -2.07. The number of benzene rings is 1. The Balaban J connectivity index is 1.63. The van der Waals surface area contributed by atoms with Crippen molar-refractivity contribution < 1.29 is 9.13 Å². The Bertz CT molecular complexity index is 607. The Kier molecular flexibility index (Phi) is 4.20. The molecule has 2 aromatic rings. The fourth-order valence-corrected chi connectivity index (χ4v) is 2.16. The van der Waals surface area contributed by atoms with Crippen molar-refractivity contribution in [2.24, 2.45) is 0 Å². The van der Waals surface area contributed by atoms with Crippen LogP contribution in [0.5, 0.6) is 11.5 Å². The summed E-state index contributed by atoms with van der Waals surface area (Å²) in [5.41, 5.74) is 0.938. The Labute approximate surface area is 123 Å². The van der Waals surface area contributed by atoms with Gasteiger partial charge in [0.15, 0.2) is 17.3 Å². The molecule has 0 atom stereocenters. The van der Waals surface area contributed by atoms with Gasteiger partial charge < -0.3 is 10.1 Å². The van der Waals surface area contributed by atoms with Crippen molar-refractivity contribution in [3.05, 3.63) is 42.0 Å². The topological polar surface area (TPSA) is 39.1 Å². The van der Waals surface area contributed by atoms with Gasteiger partial charge in [0.25, 0.3) is 0 Å². The lowest BCUT2D eigenvalue weighted by molar-refractivity contribution is 0.440. The molecule has 1 aliphatic rings. The maximum Gasteiger partial charge on any atom is 0.166 e. The average molecular weight is 289 g/mol. The zero-order valence-corrected chi connectivity index (χ0v) is 12.2. The van der Waals surface area contributed by atoms with E-state index in [2.05, 4.69) is 17.3 Å². The number of hydrogen-bond donors (Lipinski definition) is 1. The number of nitrogens with zero attached hydrogens (tertiary/aromatic N) is 2. The molecule has 1 fully saturated rings. The van der Waals surface area contributed by atoms with Crippen molar-refractivity contribution in [3.63, 3.8) is 0 Å². The Hall–Kier alpha value is -1.88. The molecular formula is C16H20FN3O. The molecule has 4 nitrogen and oxygen atoms in total. The number of aryl methyl sites for hydroxylation is 1. The van der Waals surface area contributed by atoms with Gasteiger partial charge in [-0.2, -0.15) is 5.10 Å². The molecule has 0 unspecified atom stereocenters. The van der Waals surface area contributed by atoms with E-state index in [9.17, 15) is 4.39 Å². The zero-order valence-electron chi connectivity index (χ0n) is 12.2. The summed E-state index contributed by atoms with van der Waals surface area (Å²) in [6.07, 6.45) is 6.85. The van der Waals surface area contributed by atoms with Gasteiger partial charge in [-0.25, -0.2) is 4.39 Å². The lowest BCUT2D eigenvalue weighted by Crippen LogP contribution is -2.15. The van der Waals surface area contributed by atoms with Crippen LogP contribution in [0.25, 0.3) is 0 Å². The maximum atomic E-state index is 14.1. The summed E-state index contributed by atoms with van der Waals surface area (Å²) >= 11 is 0. The molecule has 0 saturated heterocycles. The number of nitrogens with one attached hydrogen (secondary N) is 1. The summed E-state index contributed by atoms with van der Waals surface area (Å²) in [4.78, 5) is 0. The summed E-state index contributed by atoms with van der Waals surface area (Å²) in [6, 6.07) is 5.72. The van der Waals surface area contributed by atoms with Crippen LogP contribution < -0.4 is 10.1 Å². The summed E-state index contributed by atoms with van der Waals surface area (Å²) < 4.78 is 21.4. The zero-order chi connectivity index (χ0) is 14.7. The highest BCUT2D eigenvalue weighted by atomic mass is 19.1. The second kappa shape index (κ2) is 6.26. The molecule has 5 heteroatoms. The van der Waals surface area contributed by atoms with Crippen LogP contribution in [0.2, 0.25) is 0 Å². The van der Waals surface area contributed by atoms with Crippen LogP contribution in [0.15, 0.2) is 30.6 Å². The number of hydrogen-bond acceptors (Lipinski definition) is 3. The van der Waals surface area contributed by atoms with Crippen LogP contribution in [0, 0.1) is 5.82 Å². The van der Waals surface area contributed by atoms with E-state index in [1.165, 1.54) is 18.9 Å². The first kappa shape index (κ1) is 14.1. The summed E-state index contributed by atoms with van der Waals surface area (Å²) in [5.74, 6) is 0.459. The molecule has 1 aromatic carbocycles. The lowest BCUT2D eigenvalue weighted by atomic mass is 10.2. The van der Waals surface area contributed by atoms with E-state index in [4.69, 9.17) is 4.74 Å². The maximum absolute atomic E-state index is 14.1. The van der Waals surface area contributed by atoms with Crippen molar-refractivity contribution in [2.75, 3.05) is 0 Å². The van der Waals surface area contributed by atoms with Gasteiger partial charge in [-0.15, -0.1) is 0 Å². The van der Waals surface area contributed by atoms with E-state index in [0.717, 1.165) is 18.5 Å². The van der Waals surface area contributed by atoms with Gasteiger partial charge in [0, 0.05) is 19.1 Å². The normalized spacial score (nSPS) is 14.4. The molecular weight excluding hydrogens is 269 g/mol. The quantitative estimate of drug-likeness (QED) is 0.848. The number of aromatic nitrogens is 2. The predicted molar refractivity (Wildman–Crippen MR) is 78.9 cm³/mol. The highest BCUT2D eigenvalue weighted by molar-refractivity contribution is 5.33. The molecule has 0 radical (unpaired) electrons. The smallest absolute Gasteiger partial charge is 0.166 e. The summed E-state index contributed by atoms with van der Waals surface area (Å²) in [5, 5.41) is 7.53. The fourth-order valence-electron chi connectivity index (χ4n) is 2.16. The van der Waals surface area contributed by atoms with Crippen molar-refractivity contribution in [2.45, 2.75) is 45.3 Å². The largest absolute Gasteiger partial charge is 0.451 e. The summed E-state index contributed by atoms with van der Waals surface area (Å²) in [7, 11) is 0. The number of ether oxygens (including phenoxy) is 1. The summed E-state index contributed by atoms with van der Waals surface area (Å²) in [6.45, 7) is 3.62. The second-order valence-electron chi connectivity index (χ2n) is 5.46. The molecule has 0 aliphatic heterocycles. The Morgan fingerprint density at radius 3 is 3.00 bits per heavy atom. The van der Waals surface area contributed by atoms with Crippen molar-refractivity contribution in [3.8, 4) is 11.5 Å². The van der Waals surface area contributed by atoms with Gasteiger partial charge in [0.2, 0.25) is 0 Å². The van der Waals surface area contributed by atoms with E-state index in [0.29, 0.717) is 18.3 Å². The van der Waals surface area contributed by atoms with E-state index in [1.807, 2.05) is 6.07 Å². The van der Waals surface area contributed by atoms with Gasteiger partial charge in [0.05, 0.1) is 12.4 Å². The molecule has 1 aliphatic carbocycles. The molecule has 3 rings (SSSR count). The van der Waals surface area contributed by atoms with Crippen LogP contribution in [0.4, 0.5) is 4.39 Å². The predicted octanol–water partition coefficient (Wildman–Crippen LogP) is 3.48. The first-order chi connectivity index (χ1) is 10.2. The van der Waals surface area contributed by atoms with E-state index in [1.54, 1.807) is 23.1 Å². The molecule has 1 heterocycles. The fraction of sp³-hybridized carbons (Fsp3) is 0.438. The van der Waals surface area contributed by atoms with Crippen LogP contribution in [-0.2, 0) is 13.1 Å². The molecule has 112 valence electrons. The van der Waals surface area contributed by atoms with Gasteiger partial charge in [-0.1, -0.05) is 13.0 Å². The minimum Gasteiger partial charge on any atom is -0.451 e. The van der Waals surface area contributed by atoms with Crippen molar-refractivity contribution in [1.29, 1.82) is 0 Å². The SMILES string of the molecule is CCCn1cc(Oc2ccc(CNC3CC3)cc2F)cn1. The third-order valence-corrected chi connectivity index (χ3v) is 3.46. The van der Waals surface area contributed by atoms with Crippen LogP contribution in [0.1, 0.15) is 31.7 Å². The molecule has 0 spiro atoms. The second-order valence-corrected chi connectivity index (χ2v) is 5.46. The third kappa shape index (κ3) is 3.82. The highest BCUT2D eigenvalue weighted by Gasteiger charge is 2.20. The molecule has 1 saturated carbocycles.